The molecule has 0 bridgehead atoms. The summed E-state index contributed by atoms with van der Waals surface area (Å²) >= 11 is 0. The molecule has 0 saturated carbocycles. The Morgan fingerprint density at radius 2 is 1.92 bits per heavy atom. The smallest absolute Gasteiger partial charge is 0.275 e. The van der Waals surface area contributed by atoms with Crippen molar-refractivity contribution in [3.05, 3.63) is 45.4 Å². The van der Waals surface area contributed by atoms with Gasteiger partial charge in [0, 0.05) is 38.3 Å². The van der Waals surface area contributed by atoms with Crippen molar-refractivity contribution in [2.24, 2.45) is 5.16 Å². The van der Waals surface area contributed by atoms with E-state index in [1.807, 2.05) is 18.7 Å². The number of fused-ring (bicyclic) bond motifs is 1. The van der Waals surface area contributed by atoms with Crippen LogP contribution in [0.2, 0.25) is 0 Å². The number of aromatic amines is 1. The second-order valence-electron chi connectivity index (χ2n) is 9.52. The molecule has 0 radical (unpaired) electrons. The van der Waals surface area contributed by atoms with Crippen molar-refractivity contribution < 1.29 is 23.5 Å². The molecule has 39 heavy (non-hydrogen) atoms. The van der Waals surface area contributed by atoms with Crippen molar-refractivity contribution in [2.45, 2.75) is 44.9 Å². The van der Waals surface area contributed by atoms with Crippen molar-refractivity contribution in [3.63, 3.8) is 0 Å². The summed E-state index contributed by atoms with van der Waals surface area (Å²) in [5.74, 6) is 0.576. The number of H-pyrrole nitrogens is 1. The molecule has 212 valence electrons. The van der Waals surface area contributed by atoms with Crippen LogP contribution in [-0.4, -0.2) is 94.7 Å². The van der Waals surface area contributed by atoms with Crippen LogP contribution in [0.15, 0.2) is 33.0 Å². The average Bonchev–Trinajstić information content (AvgIpc) is 3.19. The fourth-order valence-corrected chi connectivity index (χ4v) is 6.37. The normalized spacial score (nSPS) is 15.5. The lowest BCUT2D eigenvalue weighted by Gasteiger charge is -2.33. The number of benzene rings is 1. The second kappa shape index (κ2) is 12.3. The molecule has 12 nitrogen and oxygen atoms in total. The summed E-state index contributed by atoms with van der Waals surface area (Å²) in [4.78, 5) is 18.2. The van der Waals surface area contributed by atoms with Gasteiger partial charge in [-0.05, 0) is 43.5 Å². The first kappa shape index (κ1) is 28.7. The summed E-state index contributed by atoms with van der Waals surface area (Å²) in [6.07, 6.45) is 3.40. The van der Waals surface area contributed by atoms with Crippen LogP contribution in [-0.2, 0) is 16.4 Å². The molecule has 1 aliphatic rings. The molecule has 13 heteroatoms. The zero-order valence-electron chi connectivity index (χ0n) is 22.6. The SMILES string of the molecule is CCCOc1ccc(S(=O)(=O)N2CCN(CCO)CC2)cc1-c1nn2c(CCC)c(/C=N/O)c(C)c2c(=O)[nH]1. The lowest BCUT2D eigenvalue weighted by molar-refractivity contribution is 0.151. The van der Waals surface area contributed by atoms with E-state index in [0.717, 1.165) is 18.5 Å². The van der Waals surface area contributed by atoms with Gasteiger partial charge in [-0.1, -0.05) is 25.4 Å². The number of aliphatic hydroxyl groups is 1. The van der Waals surface area contributed by atoms with Crippen molar-refractivity contribution >= 4 is 21.8 Å². The summed E-state index contributed by atoms with van der Waals surface area (Å²) in [5, 5.41) is 26.3. The topological polar surface area (TPSA) is 153 Å². The molecule has 3 aromatic rings. The van der Waals surface area contributed by atoms with Crippen LogP contribution in [0.1, 0.15) is 43.5 Å². The molecule has 0 aliphatic carbocycles. The van der Waals surface area contributed by atoms with Gasteiger partial charge in [0.25, 0.3) is 5.56 Å². The highest BCUT2D eigenvalue weighted by Crippen LogP contribution is 2.32. The van der Waals surface area contributed by atoms with E-state index in [1.54, 1.807) is 17.5 Å². The van der Waals surface area contributed by atoms with Gasteiger partial charge in [-0.2, -0.15) is 4.31 Å². The Kier molecular flexibility index (Phi) is 9.05. The Bertz CT molecular complexity index is 1510. The maximum absolute atomic E-state index is 13.6. The maximum atomic E-state index is 13.6. The quantitative estimate of drug-likeness (QED) is 0.182. The minimum absolute atomic E-state index is 0.0278. The van der Waals surface area contributed by atoms with Crippen LogP contribution in [0.4, 0.5) is 0 Å². The number of β-amino-alcohol motifs (C(OH)–C–C–N with tert-alkyl or cyclic N) is 1. The van der Waals surface area contributed by atoms with Crippen molar-refractivity contribution in [1.82, 2.24) is 23.8 Å². The Hall–Kier alpha value is -3.26. The zero-order chi connectivity index (χ0) is 28.2. The van der Waals surface area contributed by atoms with Crippen LogP contribution in [0, 0.1) is 6.92 Å². The first-order valence-corrected chi connectivity index (χ1v) is 14.6. The maximum Gasteiger partial charge on any atom is 0.275 e. The van der Waals surface area contributed by atoms with Gasteiger partial charge in [0.05, 0.1) is 35.6 Å². The van der Waals surface area contributed by atoms with Crippen LogP contribution in [0.3, 0.4) is 0 Å². The molecule has 0 atom stereocenters. The van der Waals surface area contributed by atoms with Gasteiger partial charge in [0.2, 0.25) is 10.0 Å². The summed E-state index contributed by atoms with van der Waals surface area (Å²) in [6, 6.07) is 4.61. The molecule has 3 N–H and O–H groups in total. The number of hydrogen-bond acceptors (Lipinski definition) is 9. The first-order chi connectivity index (χ1) is 18.8. The van der Waals surface area contributed by atoms with Gasteiger partial charge in [-0.15, -0.1) is 5.10 Å². The standard InChI is InChI=1S/C26H36N6O6S/c1-4-6-22-21(17-27-35)18(3)24-26(34)28-25(29-32(22)24)20-16-19(7-8-23(20)38-15-5-2)39(36,37)31-11-9-30(10-12-31)13-14-33/h7-8,16-17,33,35H,4-6,9-15H2,1-3H3,(H,28,29,34)/b27-17+. The van der Waals surface area contributed by atoms with E-state index in [9.17, 15) is 23.5 Å². The van der Waals surface area contributed by atoms with Crippen molar-refractivity contribution in [3.8, 4) is 17.1 Å². The van der Waals surface area contributed by atoms with E-state index in [1.165, 1.54) is 22.7 Å². The fraction of sp³-hybridized carbons (Fsp3) is 0.500. The van der Waals surface area contributed by atoms with Gasteiger partial charge in [-0.3, -0.25) is 9.69 Å². The number of sulfonamides is 1. The van der Waals surface area contributed by atoms with Crippen molar-refractivity contribution in [2.75, 3.05) is 45.9 Å². The van der Waals surface area contributed by atoms with Crippen LogP contribution < -0.4 is 10.3 Å². The van der Waals surface area contributed by atoms with Gasteiger partial charge < -0.3 is 20.0 Å². The van der Waals surface area contributed by atoms with Crippen LogP contribution in [0.5, 0.6) is 5.75 Å². The van der Waals surface area contributed by atoms with Crippen LogP contribution >= 0.6 is 0 Å². The highest BCUT2D eigenvalue weighted by molar-refractivity contribution is 7.89. The lowest BCUT2D eigenvalue weighted by atomic mass is 10.1. The Balaban J connectivity index is 1.84. The monoisotopic (exact) mass is 560 g/mol. The highest BCUT2D eigenvalue weighted by Gasteiger charge is 2.30. The molecule has 1 saturated heterocycles. The number of nitrogens with zero attached hydrogens (tertiary/aromatic N) is 5. The number of hydrogen-bond donors (Lipinski definition) is 3. The predicted octanol–water partition coefficient (Wildman–Crippen LogP) is 1.85. The molecule has 0 spiro atoms. The Labute approximate surface area is 227 Å². The molecular formula is C26H36N6O6S. The number of rotatable bonds is 11. The third kappa shape index (κ3) is 5.71. The molecule has 4 rings (SSSR count). The van der Waals surface area contributed by atoms with Gasteiger partial charge in [0.1, 0.15) is 11.3 Å². The van der Waals surface area contributed by atoms with Gasteiger partial charge in [0.15, 0.2) is 5.82 Å². The van der Waals surface area contributed by atoms with E-state index in [2.05, 4.69) is 10.1 Å². The van der Waals surface area contributed by atoms with E-state index in [0.29, 0.717) is 73.7 Å². The fourth-order valence-electron chi connectivity index (χ4n) is 4.92. The lowest BCUT2D eigenvalue weighted by Crippen LogP contribution is -2.49. The third-order valence-corrected chi connectivity index (χ3v) is 8.81. The molecule has 1 aromatic carbocycles. The van der Waals surface area contributed by atoms with E-state index in [-0.39, 0.29) is 17.3 Å². The minimum Gasteiger partial charge on any atom is -0.493 e. The molecule has 0 unspecified atom stereocenters. The molecule has 1 fully saturated rings. The number of aryl methyl sites for hydroxylation is 2. The summed E-state index contributed by atoms with van der Waals surface area (Å²) < 4.78 is 36.1. The highest BCUT2D eigenvalue weighted by atomic mass is 32.2. The van der Waals surface area contributed by atoms with Gasteiger partial charge >= 0.3 is 0 Å². The second-order valence-corrected chi connectivity index (χ2v) is 11.5. The Morgan fingerprint density at radius 3 is 2.56 bits per heavy atom. The number of piperazine rings is 1. The number of aliphatic hydroxyl groups excluding tert-OH is 1. The third-order valence-electron chi connectivity index (χ3n) is 6.91. The largest absolute Gasteiger partial charge is 0.493 e. The molecule has 3 heterocycles. The van der Waals surface area contributed by atoms with E-state index in [4.69, 9.17) is 9.84 Å². The number of oxime groups is 1. The first-order valence-electron chi connectivity index (χ1n) is 13.2. The average molecular weight is 561 g/mol. The number of aromatic nitrogens is 3. The number of nitrogens with one attached hydrogen (secondary N) is 1. The molecule has 2 aromatic heterocycles. The minimum atomic E-state index is -3.83. The van der Waals surface area contributed by atoms with Crippen molar-refractivity contribution in [1.29, 1.82) is 0 Å². The summed E-state index contributed by atoms with van der Waals surface area (Å²) in [5.41, 5.74) is 2.26. The van der Waals surface area contributed by atoms with Gasteiger partial charge in [-0.25, -0.2) is 12.9 Å². The number of ether oxygens (including phenoxy) is 1. The summed E-state index contributed by atoms with van der Waals surface area (Å²) in [6.45, 7) is 8.35. The Morgan fingerprint density at radius 1 is 1.18 bits per heavy atom. The molecule has 1 aliphatic heterocycles. The summed E-state index contributed by atoms with van der Waals surface area (Å²) in [7, 11) is -3.83. The zero-order valence-corrected chi connectivity index (χ0v) is 23.4. The van der Waals surface area contributed by atoms with E-state index >= 15 is 0 Å². The van der Waals surface area contributed by atoms with E-state index < -0.39 is 15.6 Å². The molecule has 0 amide bonds. The predicted molar refractivity (Wildman–Crippen MR) is 147 cm³/mol. The van der Waals surface area contributed by atoms with Crippen LogP contribution in [0.25, 0.3) is 16.9 Å². The molecular weight excluding hydrogens is 524 g/mol.